The number of nitrogens with zero attached hydrogens (tertiary/aromatic N) is 3. The predicted molar refractivity (Wildman–Crippen MR) is 108 cm³/mol. The molecular formula is C21H24N4O4. The van der Waals surface area contributed by atoms with Gasteiger partial charge in [-0.05, 0) is 37.3 Å². The number of rotatable bonds is 7. The molecule has 2 aromatic rings. The molecule has 8 heteroatoms. The average Bonchev–Trinajstić information content (AvgIpc) is 2.76. The molecule has 0 unspecified atom stereocenters. The van der Waals surface area contributed by atoms with Crippen LogP contribution in [0.3, 0.4) is 0 Å². The zero-order valence-electron chi connectivity index (χ0n) is 16.3. The van der Waals surface area contributed by atoms with Crippen LogP contribution < -0.4 is 14.8 Å². The van der Waals surface area contributed by atoms with Crippen LogP contribution in [0.1, 0.15) is 30.3 Å². The molecule has 0 bridgehead atoms. The zero-order valence-corrected chi connectivity index (χ0v) is 16.3. The van der Waals surface area contributed by atoms with E-state index in [2.05, 4.69) is 21.9 Å². The average molecular weight is 396 g/mol. The van der Waals surface area contributed by atoms with Gasteiger partial charge in [0.25, 0.3) is 5.91 Å². The topological polar surface area (TPSA) is 93.7 Å². The van der Waals surface area contributed by atoms with Crippen LogP contribution in [-0.4, -0.2) is 52.5 Å². The van der Waals surface area contributed by atoms with E-state index in [4.69, 9.17) is 9.47 Å². The molecule has 8 nitrogen and oxygen atoms in total. The molecule has 0 aliphatic carbocycles. The molecule has 2 heterocycles. The Morgan fingerprint density at radius 3 is 2.52 bits per heavy atom. The Bertz CT molecular complexity index is 844. The first-order chi connectivity index (χ1) is 14.1. The van der Waals surface area contributed by atoms with Crippen LogP contribution in [-0.2, 0) is 4.79 Å². The number of nitrogens with one attached hydrogen (secondary N) is 1. The fourth-order valence-electron chi connectivity index (χ4n) is 2.98. The molecule has 1 aromatic heterocycles. The number of benzene rings is 1. The van der Waals surface area contributed by atoms with Gasteiger partial charge in [-0.3, -0.25) is 9.59 Å². The van der Waals surface area contributed by atoms with Gasteiger partial charge in [-0.25, -0.2) is 9.97 Å². The summed E-state index contributed by atoms with van der Waals surface area (Å²) >= 11 is 0. The maximum atomic E-state index is 12.3. The van der Waals surface area contributed by atoms with Crippen LogP contribution in [0.25, 0.3) is 0 Å². The Morgan fingerprint density at radius 1 is 1.21 bits per heavy atom. The highest BCUT2D eigenvalue weighted by molar-refractivity contribution is 6.02. The Kier molecular flexibility index (Phi) is 6.78. The minimum atomic E-state index is -0.353. The molecule has 1 saturated heterocycles. The van der Waals surface area contributed by atoms with E-state index >= 15 is 0 Å². The molecule has 3 rings (SSSR count). The fourth-order valence-corrected chi connectivity index (χ4v) is 2.98. The highest BCUT2D eigenvalue weighted by Crippen LogP contribution is 2.21. The first-order valence-electron chi connectivity index (χ1n) is 9.53. The largest absolute Gasteiger partial charge is 0.490 e. The number of piperidine rings is 1. The van der Waals surface area contributed by atoms with Gasteiger partial charge < -0.3 is 19.7 Å². The molecule has 1 fully saturated rings. The summed E-state index contributed by atoms with van der Waals surface area (Å²) in [6.07, 6.45) is 5.74. The number of anilines is 1. The van der Waals surface area contributed by atoms with Crippen LogP contribution in [0.2, 0.25) is 0 Å². The first kappa shape index (κ1) is 20.3. The van der Waals surface area contributed by atoms with Crippen LogP contribution in [0.4, 0.5) is 5.69 Å². The lowest BCUT2D eigenvalue weighted by atomic mass is 10.1. The van der Waals surface area contributed by atoms with Gasteiger partial charge in [-0.15, -0.1) is 0 Å². The fraction of sp³-hybridized carbons (Fsp3) is 0.333. The molecule has 1 aliphatic rings. The number of ether oxygens (including phenoxy) is 2. The minimum absolute atomic E-state index is 0.0410. The van der Waals surface area contributed by atoms with Gasteiger partial charge in [-0.1, -0.05) is 6.58 Å². The van der Waals surface area contributed by atoms with Crippen molar-refractivity contribution in [2.24, 2.45) is 0 Å². The van der Waals surface area contributed by atoms with Gasteiger partial charge in [0.1, 0.15) is 17.5 Å². The summed E-state index contributed by atoms with van der Waals surface area (Å²) in [5, 5.41) is 2.77. The van der Waals surface area contributed by atoms with Crippen LogP contribution in [0, 0.1) is 0 Å². The third-order valence-corrected chi connectivity index (χ3v) is 4.50. The molecule has 152 valence electrons. The molecule has 29 heavy (non-hydrogen) atoms. The van der Waals surface area contributed by atoms with E-state index in [1.54, 1.807) is 29.2 Å². The quantitative estimate of drug-likeness (QED) is 0.723. The number of aromatic nitrogens is 2. The lowest BCUT2D eigenvalue weighted by Crippen LogP contribution is -2.41. The Hall–Kier alpha value is -3.42. The van der Waals surface area contributed by atoms with Gasteiger partial charge in [0.2, 0.25) is 11.8 Å². The van der Waals surface area contributed by atoms with Crippen LogP contribution in [0.5, 0.6) is 11.6 Å². The molecule has 2 amide bonds. The number of carbonyl (C=O) groups excluding carboxylic acids is 2. The summed E-state index contributed by atoms with van der Waals surface area (Å²) in [5.41, 5.74) is 0.832. The monoisotopic (exact) mass is 396 g/mol. The maximum Gasteiger partial charge on any atom is 0.275 e. The summed E-state index contributed by atoms with van der Waals surface area (Å²) in [6, 6.07) is 7.15. The number of hydrogen-bond donors (Lipinski definition) is 1. The molecule has 0 saturated carbocycles. The molecular weight excluding hydrogens is 372 g/mol. The molecule has 1 N–H and O–H groups in total. The highest BCUT2D eigenvalue weighted by atomic mass is 16.5. The third-order valence-electron chi connectivity index (χ3n) is 4.50. The van der Waals surface area contributed by atoms with E-state index in [9.17, 15) is 9.59 Å². The van der Waals surface area contributed by atoms with Gasteiger partial charge in [-0.2, -0.15) is 0 Å². The van der Waals surface area contributed by atoms with Crippen LogP contribution >= 0.6 is 0 Å². The summed E-state index contributed by atoms with van der Waals surface area (Å²) in [4.78, 5) is 33.8. The van der Waals surface area contributed by atoms with Gasteiger partial charge in [0.05, 0.1) is 19.0 Å². The minimum Gasteiger partial charge on any atom is -0.490 e. The van der Waals surface area contributed by atoms with Crippen molar-refractivity contribution in [3.63, 3.8) is 0 Å². The normalized spacial score (nSPS) is 14.2. The van der Waals surface area contributed by atoms with Crippen molar-refractivity contribution in [2.75, 3.05) is 25.0 Å². The second-order valence-corrected chi connectivity index (χ2v) is 6.50. The van der Waals surface area contributed by atoms with E-state index in [1.807, 2.05) is 6.92 Å². The summed E-state index contributed by atoms with van der Waals surface area (Å²) in [6.45, 7) is 7.17. The van der Waals surface area contributed by atoms with Gasteiger partial charge >= 0.3 is 0 Å². The van der Waals surface area contributed by atoms with E-state index < -0.39 is 0 Å². The van der Waals surface area contributed by atoms with Gasteiger partial charge in [0, 0.05) is 31.6 Å². The van der Waals surface area contributed by atoms with E-state index in [0.717, 1.165) is 18.6 Å². The zero-order chi connectivity index (χ0) is 20.6. The highest BCUT2D eigenvalue weighted by Gasteiger charge is 2.22. The first-order valence-corrected chi connectivity index (χ1v) is 9.53. The molecule has 1 aliphatic heterocycles. The molecule has 0 radical (unpaired) electrons. The Balaban J connectivity index is 1.50. The van der Waals surface area contributed by atoms with Crippen molar-refractivity contribution in [3.8, 4) is 11.6 Å². The van der Waals surface area contributed by atoms with Crippen molar-refractivity contribution in [1.82, 2.24) is 14.9 Å². The Labute approximate surface area is 169 Å². The molecule has 0 spiro atoms. The van der Waals surface area contributed by atoms with E-state index in [0.29, 0.717) is 31.3 Å². The molecule has 1 aromatic carbocycles. The summed E-state index contributed by atoms with van der Waals surface area (Å²) < 4.78 is 11.2. The number of carbonyl (C=O) groups is 2. The van der Waals surface area contributed by atoms with Crippen molar-refractivity contribution >= 4 is 17.5 Å². The summed E-state index contributed by atoms with van der Waals surface area (Å²) in [7, 11) is 0. The SMILES string of the molecule is C=CC(=O)N1CCC(Oc2ccc(NC(=O)c3cnc(OCC)cn3)cc2)CC1. The number of hydrogen-bond acceptors (Lipinski definition) is 6. The molecule has 0 atom stereocenters. The predicted octanol–water partition coefficient (Wildman–Crippen LogP) is 2.68. The second kappa shape index (κ2) is 9.68. The third kappa shape index (κ3) is 5.54. The van der Waals surface area contributed by atoms with Crippen LogP contribution in [0.15, 0.2) is 49.3 Å². The lowest BCUT2D eigenvalue weighted by Gasteiger charge is -2.31. The standard InChI is InChI=1S/C21H24N4O4/c1-3-20(26)25-11-9-17(10-12-25)29-16-7-5-15(6-8-16)24-21(27)18-13-23-19(14-22-18)28-4-2/h3,5-8,13-14,17H,1,4,9-12H2,2H3,(H,24,27). The van der Waals surface area contributed by atoms with Crippen molar-refractivity contribution < 1.29 is 19.1 Å². The smallest absolute Gasteiger partial charge is 0.275 e. The summed E-state index contributed by atoms with van der Waals surface area (Å²) in [5.74, 6) is 0.705. The second-order valence-electron chi connectivity index (χ2n) is 6.50. The van der Waals surface area contributed by atoms with Gasteiger partial charge in [0.15, 0.2) is 0 Å². The number of likely N-dealkylation sites (tertiary alicyclic amines) is 1. The maximum absolute atomic E-state index is 12.3. The van der Waals surface area contributed by atoms with Crippen molar-refractivity contribution in [1.29, 1.82) is 0 Å². The van der Waals surface area contributed by atoms with E-state index in [-0.39, 0.29) is 23.6 Å². The van der Waals surface area contributed by atoms with Crippen molar-refractivity contribution in [3.05, 3.63) is 55.0 Å². The number of amides is 2. The van der Waals surface area contributed by atoms with E-state index in [1.165, 1.54) is 18.5 Å². The van der Waals surface area contributed by atoms with Crippen molar-refractivity contribution in [2.45, 2.75) is 25.9 Å². The lowest BCUT2D eigenvalue weighted by molar-refractivity contribution is -0.127. The Morgan fingerprint density at radius 2 is 1.93 bits per heavy atom.